The number of amides is 2. The second-order valence-corrected chi connectivity index (χ2v) is 7.48. The lowest BCUT2D eigenvalue weighted by molar-refractivity contribution is -0.187. The predicted octanol–water partition coefficient (Wildman–Crippen LogP) is 3.16. The predicted molar refractivity (Wildman–Crippen MR) is 89.6 cm³/mol. The summed E-state index contributed by atoms with van der Waals surface area (Å²) in [6, 6.07) is 9.01. The first-order valence-electron chi connectivity index (χ1n) is 8.36. The molecule has 0 spiro atoms. The van der Waals surface area contributed by atoms with Crippen molar-refractivity contribution in [3.63, 3.8) is 0 Å². The molecule has 1 aromatic rings. The van der Waals surface area contributed by atoms with Crippen LogP contribution in [0.1, 0.15) is 19.4 Å². The zero-order chi connectivity index (χ0) is 19.5. The number of rotatable bonds is 5. The number of carboxylic acid groups (broad SMARTS) is 1. The number of carbonyl (C=O) groups is 2. The lowest BCUT2D eigenvalue weighted by Gasteiger charge is -2.27. The van der Waals surface area contributed by atoms with E-state index in [9.17, 15) is 22.8 Å². The molecule has 0 saturated carbocycles. The van der Waals surface area contributed by atoms with Crippen molar-refractivity contribution in [2.45, 2.75) is 26.4 Å². The summed E-state index contributed by atoms with van der Waals surface area (Å²) in [7, 11) is 0. The fraction of sp³-hybridized carbons (Fsp3) is 0.556. The Hall–Kier alpha value is -2.25. The third kappa shape index (κ3) is 5.12. The van der Waals surface area contributed by atoms with Crippen LogP contribution >= 0.6 is 0 Å². The van der Waals surface area contributed by atoms with E-state index in [0.717, 1.165) is 10.5 Å². The van der Waals surface area contributed by atoms with Crippen LogP contribution in [0.25, 0.3) is 0 Å². The van der Waals surface area contributed by atoms with E-state index in [-0.39, 0.29) is 12.0 Å². The number of benzene rings is 1. The van der Waals surface area contributed by atoms with Crippen LogP contribution in [-0.2, 0) is 11.2 Å². The van der Waals surface area contributed by atoms with Gasteiger partial charge in [-0.05, 0) is 17.4 Å². The standard InChI is InChI=1S/C18H23F3N2O3/c1-17(2,8-12-6-4-3-5-7-12)11-22-16(26)23-9-13(15(24)25)14(10-23)18(19,20)21/h3-7,13-14H,8-11H2,1-2H3,(H,22,26)(H,24,25)/t13-,14-/m1/s1. The van der Waals surface area contributed by atoms with Crippen molar-refractivity contribution in [3.05, 3.63) is 35.9 Å². The highest BCUT2D eigenvalue weighted by Gasteiger charge is 2.53. The van der Waals surface area contributed by atoms with Crippen molar-refractivity contribution in [1.29, 1.82) is 0 Å². The van der Waals surface area contributed by atoms with Crippen molar-refractivity contribution in [3.8, 4) is 0 Å². The SMILES string of the molecule is CC(C)(CNC(=O)N1C[C@@H](C(F)(F)F)[C@H](C(=O)O)C1)Cc1ccccc1. The van der Waals surface area contributed by atoms with Crippen molar-refractivity contribution >= 4 is 12.0 Å². The maximum absolute atomic E-state index is 13.0. The molecular formula is C18H23F3N2O3. The van der Waals surface area contributed by atoms with Gasteiger partial charge in [-0.15, -0.1) is 0 Å². The Labute approximate surface area is 150 Å². The summed E-state index contributed by atoms with van der Waals surface area (Å²) in [5, 5.41) is 11.7. The van der Waals surface area contributed by atoms with Gasteiger partial charge in [-0.25, -0.2) is 4.79 Å². The molecule has 2 amide bonds. The van der Waals surface area contributed by atoms with Crippen LogP contribution in [0, 0.1) is 17.3 Å². The van der Waals surface area contributed by atoms with Gasteiger partial charge in [0.2, 0.25) is 0 Å². The van der Waals surface area contributed by atoms with Crippen molar-refractivity contribution in [2.75, 3.05) is 19.6 Å². The molecule has 144 valence electrons. The second kappa shape index (κ2) is 7.55. The highest BCUT2D eigenvalue weighted by Crippen LogP contribution is 2.37. The van der Waals surface area contributed by atoms with E-state index in [4.69, 9.17) is 5.11 Å². The zero-order valence-electron chi connectivity index (χ0n) is 14.7. The number of nitrogens with one attached hydrogen (secondary N) is 1. The number of aliphatic carboxylic acids is 1. The van der Waals surface area contributed by atoms with Gasteiger partial charge in [0.25, 0.3) is 0 Å². The summed E-state index contributed by atoms with van der Waals surface area (Å²) in [4.78, 5) is 24.3. The molecule has 1 fully saturated rings. The van der Waals surface area contributed by atoms with Gasteiger partial charge < -0.3 is 15.3 Å². The highest BCUT2D eigenvalue weighted by atomic mass is 19.4. The minimum atomic E-state index is -4.65. The van der Waals surface area contributed by atoms with Gasteiger partial charge in [0.15, 0.2) is 0 Å². The lowest BCUT2D eigenvalue weighted by atomic mass is 9.86. The van der Waals surface area contributed by atoms with E-state index in [1.165, 1.54) is 0 Å². The van der Waals surface area contributed by atoms with Crippen molar-refractivity contribution < 1.29 is 27.9 Å². The molecular weight excluding hydrogens is 349 g/mol. The number of halogens is 3. The van der Waals surface area contributed by atoms with Gasteiger partial charge in [0, 0.05) is 19.6 Å². The van der Waals surface area contributed by atoms with Crippen LogP contribution in [0.5, 0.6) is 0 Å². The number of nitrogens with zero attached hydrogens (tertiary/aromatic N) is 1. The molecule has 5 nitrogen and oxygen atoms in total. The molecule has 2 atom stereocenters. The Kier molecular flexibility index (Phi) is 5.83. The molecule has 0 bridgehead atoms. The number of urea groups is 1. The molecule has 0 aliphatic carbocycles. The number of hydrogen-bond donors (Lipinski definition) is 2. The smallest absolute Gasteiger partial charge is 0.394 e. The van der Waals surface area contributed by atoms with Crippen molar-refractivity contribution in [2.24, 2.45) is 17.3 Å². The van der Waals surface area contributed by atoms with Gasteiger partial charge in [-0.3, -0.25) is 4.79 Å². The molecule has 1 aromatic carbocycles. The molecule has 0 radical (unpaired) electrons. The number of hydrogen-bond acceptors (Lipinski definition) is 2. The Balaban J connectivity index is 1.94. The second-order valence-electron chi connectivity index (χ2n) is 7.48. The van der Waals surface area contributed by atoms with Crippen LogP contribution in [0.4, 0.5) is 18.0 Å². The molecule has 26 heavy (non-hydrogen) atoms. The summed E-state index contributed by atoms with van der Waals surface area (Å²) < 4.78 is 39.0. The lowest BCUT2D eigenvalue weighted by Crippen LogP contribution is -2.43. The normalized spacial score (nSPS) is 20.9. The van der Waals surface area contributed by atoms with Crippen LogP contribution in [-0.4, -0.2) is 47.8 Å². The van der Waals surface area contributed by atoms with Crippen LogP contribution in [0.2, 0.25) is 0 Å². The van der Waals surface area contributed by atoms with E-state index in [1.54, 1.807) is 0 Å². The van der Waals surface area contributed by atoms with Gasteiger partial charge in [-0.1, -0.05) is 44.2 Å². The molecule has 1 heterocycles. The van der Waals surface area contributed by atoms with Crippen LogP contribution in [0.3, 0.4) is 0 Å². The first-order valence-corrected chi connectivity index (χ1v) is 8.36. The van der Waals surface area contributed by atoms with Crippen LogP contribution in [0.15, 0.2) is 30.3 Å². The van der Waals surface area contributed by atoms with Crippen LogP contribution < -0.4 is 5.32 Å². The topological polar surface area (TPSA) is 69.6 Å². The van der Waals surface area contributed by atoms with Crippen molar-refractivity contribution in [1.82, 2.24) is 10.2 Å². The number of carboxylic acids is 1. The fourth-order valence-electron chi connectivity index (χ4n) is 3.19. The minimum Gasteiger partial charge on any atom is -0.481 e. The molecule has 1 aliphatic heterocycles. The first-order chi connectivity index (χ1) is 12.0. The minimum absolute atomic E-state index is 0.269. The van der Waals surface area contributed by atoms with E-state index < -0.39 is 43.1 Å². The van der Waals surface area contributed by atoms with Gasteiger partial charge >= 0.3 is 18.2 Å². The third-order valence-corrected chi connectivity index (χ3v) is 4.59. The summed E-state index contributed by atoms with van der Waals surface area (Å²) in [6.07, 6.45) is -3.96. The van der Waals surface area contributed by atoms with Gasteiger partial charge in [0.05, 0.1) is 11.8 Å². The van der Waals surface area contributed by atoms with Gasteiger partial charge in [0.1, 0.15) is 0 Å². The maximum Gasteiger partial charge on any atom is 0.394 e. The quantitative estimate of drug-likeness (QED) is 0.834. The first kappa shape index (κ1) is 20.1. The summed E-state index contributed by atoms with van der Waals surface area (Å²) >= 11 is 0. The monoisotopic (exact) mass is 372 g/mol. The zero-order valence-corrected chi connectivity index (χ0v) is 14.7. The summed E-state index contributed by atoms with van der Waals surface area (Å²) in [6.45, 7) is 3.09. The molecule has 1 saturated heterocycles. The molecule has 0 aromatic heterocycles. The van der Waals surface area contributed by atoms with E-state index >= 15 is 0 Å². The van der Waals surface area contributed by atoms with Gasteiger partial charge in [-0.2, -0.15) is 13.2 Å². The van der Waals surface area contributed by atoms with E-state index in [1.807, 2.05) is 44.2 Å². The van der Waals surface area contributed by atoms with E-state index in [0.29, 0.717) is 6.42 Å². The summed E-state index contributed by atoms with van der Waals surface area (Å²) in [5.74, 6) is -5.20. The molecule has 8 heteroatoms. The molecule has 2 rings (SSSR count). The number of likely N-dealkylation sites (tertiary alicyclic amines) is 1. The molecule has 1 aliphatic rings. The Morgan fingerprint density at radius 3 is 2.31 bits per heavy atom. The molecule has 0 unspecified atom stereocenters. The Morgan fingerprint density at radius 1 is 1.19 bits per heavy atom. The fourth-order valence-corrected chi connectivity index (χ4v) is 3.19. The highest BCUT2D eigenvalue weighted by molar-refractivity contribution is 5.77. The third-order valence-electron chi connectivity index (χ3n) is 4.59. The Bertz CT molecular complexity index is 647. The molecule has 2 N–H and O–H groups in total. The summed E-state index contributed by atoms with van der Waals surface area (Å²) in [5.41, 5.74) is 0.794. The largest absolute Gasteiger partial charge is 0.481 e. The maximum atomic E-state index is 13.0. The average Bonchev–Trinajstić information content (AvgIpc) is 2.99. The van der Waals surface area contributed by atoms with E-state index in [2.05, 4.69) is 5.32 Å². The number of carbonyl (C=O) groups excluding carboxylic acids is 1. The number of alkyl halides is 3. The average molecular weight is 372 g/mol. The Morgan fingerprint density at radius 2 is 1.81 bits per heavy atom.